The molecule has 1 amide bonds. The highest BCUT2D eigenvalue weighted by atomic mass is 32.1. The summed E-state index contributed by atoms with van der Waals surface area (Å²) in [7, 11) is 0. The fraction of sp³-hybridized carbons (Fsp3) is 0.200. The molecule has 0 radical (unpaired) electrons. The molecule has 0 aliphatic carbocycles. The van der Waals surface area contributed by atoms with E-state index < -0.39 is 36.8 Å². The van der Waals surface area contributed by atoms with Gasteiger partial charge >= 0.3 is 12.4 Å². The lowest BCUT2D eigenvalue weighted by molar-refractivity contribution is -0.137. The average molecular weight is 457 g/mol. The number of carbonyl (C=O) groups is 1. The molecule has 0 saturated carbocycles. The van der Waals surface area contributed by atoms with Gasteiger partial charge < -0.3 is 5.32 Å². The predicted octanol–water partition coefficient (Wildman–Crippen LogP) is 5.94. The summed E-state index contributed by atoms with van der Waals surface area (Å²) in [5.41, 5.74) is 0.972. The number of aromatic nitrogens is 2. The zero-order valence-corrected chi connectivity index (χ0v) is 16.3. The van der Waals surface area contributed by atoms with E-state index in [1.54, 1.807) is 16.0 Å². The molecule has 2 heterocycles. The standard InChI is InChI=1S/C20H13F6N3OS/c21-19(22,23)7-8-27-18(30)11-1-6-16-14(9-11)15-10-31-28-17(15)29(16)13-4-2-12(3-5-13)20(24,25)26/h1-6,9-10H,7-8H2,(H,27,30). The maximum atomic E-state index is 12.9. The number of hydrogen-bond donors (Lipinski definition) is 1. The Balaban J connectivity index is 1.71. The topological polar surface area (TPSA) is 46.9 Å². The molecule has 0 aliphatic rings. The molecule has 4 aromatic rings. The summed E-state index contributed by atoms with van der Waals surface area (Å²) in [5, 5.41) is 5.28. The molecule has 0 saturated heterocycles. The molecule has 2 aromatic carbocycles. The Morgan fingerprint density at radius 3 is 2.35 bits per heavy atom. The second kappa shape index (κ2) is 7.56. The molecule has 1 N–H and O–H groups in total. The minimum absolute atomic E-state index is 0.173. The molecular formula is C20H13F6N3OS. The van der Waals surface area contributed by atoms with Crippen molar-refractivity contribution in [3.05, 3.63) is 59.0 Å². The molecule has 4 nitrogen and oxygen atoms in total. The molecule has 0 unspecified atom stereocenters. The van der Waals surface area contributed by atoms with E-state index in [4.69, 9.17) is 0 Å². The first-order chi connectivity index (χ1) is 14.5. The third-order valence-corrected chi connectivity index (χ3v) is 5.32. The first-order valence-corrected chi connectivity index (χ1v) is 9.79. The smallest absolute Gasteiger partial charge is 0.352 e. The number of amides is 1. The zero-order chi connectivity index (χ0) is 22.4. The van der Waals surface area contributed by atoms with Crippen LogP contribution in [0.15, 0.2) is 47.8 Å². The zero-order valence-electron chi connectivity index (χ0n) is 15.5. The summed E-state index contributed by atoms with van der Waals surface area (Å²) in [6.07, 6.45) is -9.96. The van der Waals surface area contributed by atoms with E-state index >= 15 is 0 Å². The SMILES string of the molecule is O=C(NCCC(F)(F)F)c1ccc2c(c1)c1csnc1n2-c1ccc(C(F)(F)F)cc1. The van der Waals surface area contributed by atoms with Crippen molar-refractivity contribution in [2.24, 2.45) is 0 Å². The van der Waals surface area contributed by atoms with Crippen molar-refractivity contribution in [2.75, 3.05) is 6.54 Å². The van der Waals surface area contributed by atoms with E-state index in [0.717, 1.165) is 23.7 Å². The van der Waals surface area contributed by atoms with E-state index in [1.807, 2.05) is 0 Å². The number of benzene rings is 2. The Morgan fingerprint density at radius 2 is 1.71 bits per heavy atom. The van der Waals surface area contributed by atoms with Crippen LogP contribution in [0, 0.1) is 0 Å². The summed E-state index contributed by atoms with van der Waals surface area (Å²) in [6, 6.07) is 9.20. The monoisotopic (exact) mass is 457 g/mol. The molecule has 0 aliphatic heterocycles. The van der Waals surface area contributed by atoms with Crippen LogP contribution in [0.3, 0.4) is 0 Å². The Morgan fingerprint density at radius 1 is 1.00 bits per heavy atom. The molecule has 0 atom stereocenters. The second-order valence-corrected chi connectivity index (χ2v) is 7.41. The van der Waals surface area contributed by atoms with Gasteiger partial charge in [-0.2, -0.15) is 30.7 Å². The maximum Gasteiger partial charge on any atom is 0.416 e. The molecule has 2 aromatic heterocycles. The normalized spacial score (nSPS) is 12.6. The van der Waals surface area contributed by atoms with Gasteiger partial charge in [-0.3, -0.25) is 9.36 Å². The molecule has 162 valence electrons. The number of alkyl halides is 6. The van der Waals surface area contributed by atoms with Crippen molar-refractivity contribution in [1.82, 2.24) is 14.3 Å². The van der Waals surface area contributed by atoms with E-state index in [1.165, 1.54) is 24.3 Å². The van der Waals surface area contributed by atoms with Gasteiger partial charge in [0.2, 0.25) is 0 Å². The summed E-state index contributed by atoms with van der Waals surface area (Å²) in [4.78, 5) is 12.3. The lowest BCUT2D eigenvalue weighted by Gasteiger charge is -2.10. The number of hydrogen-bond acceptors (Lipinski definition) is 3. The van der Waals surface area contributed by atoms with Gasteiger partial charge in [0, 0.05) is 33.9 Å². The maximum absolute atomic E-state index is 12.9. The van der Waals surface area contributed by atoms with Crippen molar-refractivity contribution in [3.8, 4) is 5.69 Å². The van der Waals surface area contributed by atoms with E-state index in [2.05, 4.69) is 9.69 Å². The van der Waals surface area contributed by atoms with Crippen molar-refractivity contribution in [3.63, 3.8) is 0 Å². The summed E-state index contributed by atoms with van der Waals surface area (Å²) >= 11 is 1.15. The van der Waals surface area contributed by atoms with Gasteiger partial charge in [-0.25, -0.2) is 0 Å². The van der Waals surface area contributed by atoms with Crippen LogP contribution in [-0.4, -0.2) is 27.6 Å². The predicted molar refractivity (Wildman–Crippen MR) is 104 cm³/mol. The third-order valence-electron chi connectivity index (χ3n) is 4.70. The summed E-state index contributed by atoms with van der Waals surface area (Å²) in [5.74, 6) is -0.648. The summed E-state index contributed by atoms with van der Waals surface area (Å²) < 4.78 is 81.5. The van der Waals surface area contributed by atoms with Crippen LogP contribution in [0.4, 0.5) is 26.3 Å². The Bertz CT molecular complexity index is 1250. The highest BCUT2D eigenvalue weighted by molar-refractivity contribution is 7.05. The van der Waals surface area contributed by atoms with Crippen LogP contribution < -0.4 is 5.32 Å². The van der Waals surface area contributed by atoms with Crippen LogP contribution in [0.5, 0.6) is 0 Å². The van der Waals surface area contributed by atoms with Crippen LogP contribution in [0.25, 0.3) is 27.6 Å². The fourth-order valence-corrected chi connectivity index (χ4v) is 3.93. The van der Waals surface area contributed by atoms with Gasteiger partial charge in [-0.1, -0.05) is 0 Å². The number of carbonyl (C=O) groups excluding carboxylic acids is 1. The number of fused-ring (bicyclic) bond motifs is 3. The molecule has 0 bridgehead atoms. The first-order valence-electron chi connectivity index (χ1n) is 8.96. The minimum atomic E-state index is -4.46. The Kier molecular flexibility index (Phi) is 5.16. The number of halogens is 6. The van der Waals surface area contributed by atoms with Gasteiger partial charge in [0.15, 0.2) is 5.65 Å². The largest absolute Gasteiger partial charge is 0.416 e. The van der Waals surface area contributed by atoms with Crippen molar-refractivity contribution in [2.45, 2.75) is 18.8 Å². The van der Waals surface area contributed by atoms with E-state index in [-0.39, 0.29) is 5.56 Å². The first kappa shape index (κ1) is 21.2. The van der Waals surface area contributed by atoms with E-state index in [0.29, 0.717) is 27.6 Å². The molecule has 11 heteroatoms. The van der Waals surface area contributed by atoms with Crippen LogP contribution in [0.1, 0.15) is 22.3 Å². The quantitative estimate of drug-likeness (QED) is 0.386. The van der Waals surface area contributed by atoms with E-state index in [9.17, 15) is 31.1 Å². The second-order valence-electron chi connectivity index (χ2n) is 6.78. The average Bonchev–Trinajstić information content (AvgIpc) is 3.26. The van der Waals surface area contributed by atoms with Crippen molar-refractivity contribution in [1.29, 1.82) is 0 Å². The Labute approximate surface area is 175 Å². The molecule has 4 rings (SSSR count). The summed E-state index contributed by atoms with van der Waals surface area (Å²) in [6.45, 7) is -0.539. The lowest BCUT2D eigenvalue weighted by Crippen LogP contribution is -2.27. The van der Waals surface area contributed by atoms with Gasteiger partial charge in [-0.05, 0) is 54.0 Å². The molecular weight excluding hydrogens is 444 g/mol. The minimum Gasteiger partial charge on any atom is -0.352 e. The van der Waals surface area contributed by atoms with Gasteiger partial charge in [0.1, 0.15) is 0 Å². The number of rotatable bonds is 4. The van der Waals surface area contributed by atoms with Crippen LogP contribution in [-0.2, 0) is 6.18 Å². The third kappa shape index (κ3) is 4.22. The van der Waals surface area contributed by atoms with Gasteiger partial charge in [0.25, 0.3) is 5.91 Å². The Hall–Kier alpha value is -3.08. The van der Waals surface area contributed by atoms with Crippen molar-refractivity contribution >= 4 is 39.4 Å². The fourth-order valence-electron chi connectivity index (χ4n) is 3.26. The lowest BCUT2D eigenvalue weighted by atomic mass is 10.1. The molecule has 0 fully saturated rings. The molecule has 31 heavy (non-hydrogen) atoms. The molecule has 0 spiro atoms. The highest BCUT2D eigenvalue weighted by Gasteiger charge is 2.30. The highest BCUT2D eigenvalue weighted by Crippen LogP contribution is 2.35. The number of nitrogens with zero attached hydrogens (tertiary/aromatic N) is 2. The number of nitrogens with one attached hydrogen (secondary N) is 1. The van der Waals surface area contributed by atoms with Crippen molar-refractivity contribution < 1.29 is 31.1 Å². The van der Waals surface area contributed by atoms with Gasteiger partial charge in [0.05, 0.1) is 17.5 Å². The van der Waals surface area contributed by atoms with Crippen LogP contribution in [0.2, 0.25) is 0 Å². The van der Waals surface area contributed by atoms with Crippen LogP contribution >= 0.6 is 11.5 Å². The van der Waals surface area contributed by atoms with Gasteiger partial charge in [-0.15, -0.1) is 0 Å².